The summed E-state index contributed by atoms with van der Waals surface area (Å²) in [5.41, 5.74) is 4.79. The van der Waals surface area contributed by atoms with E-state index in [2.05, 4.69) is 0 Å². The average Bonchev–Trinajstić information content (AvgIpc) is 3.32. The van der Waals surface area contributed by atoms with Crippen molar-refractivity contribution >= 4 is 34.6 Å². The highest BCUT2D eigenvalue weighted by molar-refractivity contribution is 6.14. The highest BCUT2D eigenvalue weighted by atomic mass is 16.3. The van der Waals surface area contributed by atoms with E-state index in [4.69, 9.17) is 0 Å². The summed E-state index contributed by atoms with van der Waals surface area (Å²) in [4.78, 5) is 42.9. The van der Waals surface area contributed by atoms with Gasteiger partial charge >= 0.3 is 0 Å². The van der Waals surface area contributed by atoms with Gasteiger partial charge < -0.3 is 15.3 Å². The molecule has 0 bridgehead atoms. The Morgan fingerprint density at radius 3 is 0.667 bits per heavy atom. The number of aliphatic hydroxyl groups excluding tert-OH is 3. The highest BCUT2D eigenvalue weighted by Gasteiger charge is 2.24. The molecule has 0 amide bonds. The van der Waals surface area contributed by atoms with Crippen molar-refractivity contribution in [2.45, 2.75) is 19.3 Å². The molecule has 0 heterocycles. The summed E-state index contributed by atoms with van der Waals surface area (Å²) < 4.78 is 0. The maximum absolute atomic E-state index is 14.3. The molecule has 7 aromatic rings. The Morgan fingerprint density at radius 1 is 0.283 bits per heavy atom. The third-order valence-corrected chi connectivity index (χ3v) is 10.2. The Kier molecular flexibility index (Phi) is 12.8. The number of rotatable bonds is 15. The van der Waals surface area contributed by atoms with Crippen LogP contribution in [0.3, 0.4) is 0 Å². The van der Waals surface area contributed by atoms with E-state index in [1.807, 2.05) is 54.6 Å². The zero-order valence-corrected chi connectivity index (χ0v) is 32.7. The van der Waals surface area contributed by atoms with Crippen LogP contribution in [-0.4, -0.2) is 32.7 Å². The van der Waals surface area contributed by atoms with Crippen molar-refractivity contribution in [1.82, 2.24) is 0 Å². The first kappa shape index (κ1) is 40.4. The van der Waals surface area contributed by atoms with E-state index >= 15 is 0 Å². The Morgan fingerprint density at radius 2 is 0.467 bits per heavy atom. The molecule has 0 aliphatic carbocycles. The number of Topliss-reactive ketones (excluding diaryl/α,β-unsaturated/α-hetero) is 3. The summed E-state index contributed by atoms with van der Waals surface area (Å²) in [7, 11) is 0. The van der Waals surface area contributed by atoms with E-state index in [-0.39, 0.29) is 70.6 Å². The SMILES string of the molecule is O=C(/C(Cc1cc(C/C(C(=O)c2ccccc2)=C(/O)c2ccccc2)cc(C/C(C(=O)c2ccccc2)=C(\O)c2ccccc2)c1)=C(\O)c1ccccc1)c1ccccc1. The molecule has 0 fully saturated rings. The van der Waals surface area contributed by atoms with Crippen LogP contribution in [0.4, 0.5) is 0 Å². The number of carbonyl (C=O) groups excluding carboxylic acids is 3. The smallest absolute Gasteiger partial charge is 0.193 e. The molecular formula is C54H42O6. The third kappa shape index (κ3) is 9.64. The van der Waals surface area contributed by atoms with Crippen LogP contribution in [-0.2, 0) is 19.3 Å². The summed E-state index contributed by atoms with van der Waals surface area (Å²) in [6, 6.07) is 58.2. The molecule has 0 unspecified atom stereocenters. The Labute approximate surface area is 349 Å². The van der Waals surface area contributed by atoms with E-state index in [0.29, 0.717) is 50.1 Å². The number of hydrogen-bond donors (Lipinski definition) is 3. The first-order valence-electron chi connectivity index (χ1n) is 19.6. The topological polar surface area (TPSA) is 112 Å². The van der Waals surface area contributed by atoms with Gasteiger partial charge in [-0.2, -0.15) is 0 Å². The maximum atomic E-state index is 14.3. The molecule has 0 aromatic heterocycles. The lowest BCUT2D eigenvalue weighted by Gasteiger charge is -2.17. The van der Waals surface area contributed by atoms with Gasteiger partial charge in [0.2, 0.25) is 0 Å². The predicted octanol–water partition coefficient (Wildman–Crippen LogP) is 11.9. The number of carbonyl (C=O) groups is 3. The minimum absolute atomic E-state index is 0.0258. The number of aliphatic hydroxyl groups is 3. The van der Waals surface area contributed by atoms with Crippen LogP contribution in [0.2, 0.25) is 0 Å². The molecule has 7 rings (SSSR count). The molecule has 6 heteroatoms. The van der Waals surface area contributed by atoms with Gasteiger partial charge in [0.15, 0.2) is 17.3 Å². The lowest BCUT2D eigenvalue weighted by molar-refractivity contribution is 0.102. The summed E-state index contributed by atoms with van der Waals surface area (Å²) in [5, 5.41) is 35.4. The molecule has 6 nitrogen and oxygen atoms in total. The van der Waals surface area contributed by atoms with E-state index in [1.165, 1.54) is 0 Å². The molecule has 3 N–H and O–H groups in total. The Bertz CT molecular complexity index is 2390. The van der Waals surface area contributed by atoms with Crippen LogP contribution in [0.1, 0.15) is 64.5 Å². The van der Waals surface area contributed by atoms with E-state index < -0.39 is 0 Å². The lowest BCUT2D eigenvalue weighted by atomic mass is 9.87. The summed E-state index contributed by atoms with van der Waals surface area (Å²) in [6.45, 7) is 0. The monoisotopic (exact) mass is 786 g/mol. The van der Waals surface area contributed by atoms with Crippen molar-refractivity contribution in [1.29, 1.82) is 0 Å². The van der Waals surface area contributed by atoms with E-state index in [9.17, 15) is 29.7 Å². The molecule has 0 spiro atoms. The third-order valence-electron chi connectivity index (χ3n) is 10.2. The van der Waals surface area contributed by atoms with Crippen LogP contribution in [0, 0.1) is 0 Å². The summed E-state index contributed by atoms with van der Waals surface area (Å²) in [6.07, 6.45) is -0.0774. The standard InChI is InChI=1S/C54H42O6/c55-49(40-19-7-1-8-20-40)46(50(56)41-21-9-2-10-22-41)34-37-31-38(35-47(51(57)42-23-11-3-12-24-42)52(58)43-25-13-4-14-26-43)33-39(32-37)36-48(53(59)44-27-15-5-16-28-44)54(60)45-29-17-6-18-30-45/h1-33,55,57,59H,34-36H2/b49-46-,51-47-,53-48+. The molecule has 294 valence electrons. The van der Waals surface area contributed by atoms with Gasteiger partial charge in [-0.3, -0.25) is 14.4 Å². The molecule has 0 aliphatic rings. The van der Waals surface area contributed by atoms with Crippen LogP contribution in [0.25, 0.3) is 17.3 Å². The second kappa shape index (κ2) is 19.1. The molecule has 0 aliphatic heterocycles. The Hall–Kier alpha value is -7.83. The van der Waals surface area contributed by atoms with Crippen molar-refractivity contribution in [3.63, 3.8) is 0 Å². The van der Waals surface area contributed by atoms with Gasteiger partial charge in [0, 0.05) is 69.4 Å². The fourth-order valence-electron chi connectivity index (χ4n) is 7.17. The quantitative estimate of drug-likeness (QED) is 0.0542. The van der Waals surface area contributed by atoms with Crippen LogP contribution in [0.5, 0.6) is 0 Å². The van der Waals surface area contributed by atoms with Gasteiger partial charge in [0.25, 0.3) is 0 Å². The largest absolute Gasteiger partial charge is 0.507 e. The first-order valence-corrected chi connectivity index (χ1v) is 19.6. The normalized spacial score (nSPS) is 12.4. The number of ketones is 3. The van der Waals surface area contributed by atoms with Crippen LogP contribution < -0.4 is 0 Å². The van der Waals surface area contributed by atoms with Crippen molar-refractivity contribution in [2.24, 2.45) is 0 Å². The molecule has 0 radical (unpaired) electrons. The van der Waals surface area contributed by atoms with Crippen molar-refractivity contribution in [3.8, 4) is 0 Å². The van der Waals surface area contributed by atoms with E-state index in [0.717, 1.165) is 0 Å². The minimum atomic E-state index is -0.368. The van der Waals surface area contributed by atoms with Crippen LogP contribution >= 0.6 is 0 Å². The fraction of sp³-hybridized carbons (Fsp3) is 0.0556. The Balaban J connectivity index is 1.41. The first-order chi connectivity index (χ1) is 29.3. The van der Waals surface area contributed by atoms with Gasteiger partial charge in [0.05, 0.1) is 0 Å². The number of allylic oxidation sites excluding steroid dienone is 3. The number of hydrogen-bond acceptors (Lipinski definition) is 6. The van der Waals surface area contributed by atoms with Crippen molar-refractivity contribution in [3.05, 3.63) is 267 Å². The lowest BCUT2D eigenvalue weighted by Crippen LogP contribution is -2.13. The molecule has 7 aromatic carbocycles. The molecule has 0 atom stereocenters. The molecule has 60 heavy (non-hydrogen) atoms. The maximum Gasteiger partial charge on any atom is 0.193 e. The van der Waals surface area contributed by atoms with Gasteiger partial charge in [0.1, 0.15) is 17.3 Å². The highest BCUT2D eigenvalue weighted by Crippen LogP contribution is 2.30. The fourth-order valence-corrected chi connectivity index (χ4v) is 7.17. The van der Waals surface area contributed by atoms with E-state index in [1.54, 1.807) is 146 Å². The molecule has 0 saturated carbocycles. The predicted molar refractivity (Wildman–Crippen MR) is 238 cm³/mol. The average molecular weight is 787 g/mol. The van der Waals surface area contributed by atoms with Gasteiger partial charge in [-0.05, 0) is 16.7 Å². The van der Waals surface area contributed by atoms with Gasteiger partial charge in [-0.25, -0.2) is 0 Å². The van der Waals surface area contributed by atoms with Gasteiger partial charge in [-0.1, -0.05) is 200 Å². The minimum Gasteiger partial charge on any atom is -0.507 e. The van der Waals surface area contributed by atoms with Crippen LogP contribution in [0.15, 0.2) is 217 Å². The second-order valence-corrected chi connectivity index (χ2v) is 14.4. The van der Waals surface area contributed by atoms with Crippen molar-refractivity contribution in [2.75, 3.05) is 0 Å². The number of benzene rings is 7. The zero-order valence-electron chi connectivity index (χ0n) is 32.7. The van der Waals surface area contributed by atoms with Gasteiger partial charge in [-0.15, -0.1) is 0 Å². The van der Waals surface area contributed by atoms with Crippen molar-refractivity contribution < 1.29 is 29.7 Å². The second-order valence-electron chi connectivity index (χ2n) is 14.4. The summed E-state index contributed by atoms with van der Waals surface area (Å²) in [5.74, 6) is -1.65. The molecular weight excluding hydrogens is 745 g/mol. The zero-order chi connectivity index (χ0) is 41.8. The molecule has 0 saturated heterocycles. The summed E-state index contributed by atoms with van der Waals surface area (Å²) >= 11 is 0.